The van der Waals surface area contributed by atoms with Gasteiger partial charge in [-0.3, -0.25) is 0 Å². The second-order valence-electron chi connectivity index (χ2n) is 8.19. The Morgan fingerprint density at radius 2 is 1.52 bits per heavy atom. The highest BCUT2D eigenvalue weighted by Gasteiger charge is 2.20. The zero-order chi connectivity index (χ0) is 19.2. The number of allylic oxidation sites excluding steroid dienone is 4. The fourth-order valence-electron chi connectivity index (χ4n) is 4.24. The summed E-state index contributed by atoms with van der Waals surface area (Å²) in [5, 5.41) is 8.45. The van der Waals surface area contributed by atoms with Crippen LogP contribution in [0.2, 0.25) is 0 Å². The normalized spacial score (nSPS) is 20.3. The smallest absolute Gasteiger partial charge is 0.0912 e. The lowest BCUT2D eigenvalue weighted by Crippen LogP contribution is -2.15. The molecule has 1 fully saturated rings. The molecule has 1 nitrogen and oxygen atoms in total. The first-order chi connectivity index (χ1) is 13.3. The maximum Gasteiger partial charge on any atom is 0.0912 e. The third-order valence-corrected chi connectivity index (χ3v) is 6.06. The molecule has 0 spiro atoms. The average Bonchev–Trinajstić information content (AvgIpc) is 2.71. The Labute approximate surface area is 167 Å². The summed E-state index contributed by atoms with van der Waals surface area (Å²) in [6, 6.07) is 11.4. The third-order valence-electron chi connectivity index (χ3n) is 6.06. The number of nitriles is 1. The van der Waals surface area contributed by atoms with E-state index in [0.29, 0.717) is 0 Å². The van der Waals surface area contributed by atoms with Gasteiger partial charge in [-0.1, -0.05) is 87.9 Å². The van der Waals surface area contributed by atoms with E-state index in [-0.39, 0.29) is 0 Å². The Kier molecular flexibility index (Phi) is 10.6. The van der Waals surface area contributed by atoms with Crippen LogP contribution in [0.1, 0.15) is 82.3 Å². The molecule has 0 atom stereocenters. The Morgan fingerprint density at radius 1 is 0.889 bits per heavy atom. The van der Waals surface area contributed by atoms with Gasteiger partial charge in [-0.25, -0.2) is 0 Å². The number of hydrogen-bond acceptors (Lipinski definition) is 1. The molecule has 0 saturated heterocycles. The fourth-order valence-corrected chi connectivity index (χ4v) is 4.24. The molecule has 1 aliphatic rings. The van der Waals surface area contributed by atoms with E-state index in [1.807, 2.05) is 18.2 Å². The first kappa shape index (κ1) is 21.5. The SMILES string of the molecule is CCCCCc1ccc(CC[C@H]2CC[C@H](CCC=CC=CC#N)CC2)cc1. The lowest BCUT2D eigenvalue weighted by atomic mass is 9.78. The van der Waals surface area contributed by atoms with Crippen molar-refractivity contribution < 1.29 is 0 Å². The minimum absolute atomic E-state index is 0.910. The van der Waals surface area contributed by atoms with Gasteiger partial charge in [0.15, 0.2) is 0 Å². The van der Waals surface area contributed by atoms with Crippen LogP contribution in [0.4, 0.5) is 0 Å². The minimum Gasteiger partial charge on any atom is -0.193 e. The van der Waals surface area contributed by atoms with Gasteiger partial charge in [0.2, 0.25) is 0 Å². The van der Waals surface area contributed by atoms with E-state index in [9.17, 15) is 0 Å². The predicted octanol–water partition coefficient (Wildman–Crippen LogP) is 7.57. The molecule has 0 aliphatic heterocycles. The Hall–Kier alpha value is -1.81. The maximum absolute atomic E-state index is 8.45. The fraction of sp³-hybridized carbons (Fsp3) is 0.577. The molecule has 0 N–H and O–H groups in total. The molecule has 1 aromatic rings. The summed E-state index contributed by atoms with van der Waals surface area (Å²) in [7, 11) is 0. The van der Waals surface area contributed by atoms with E-state index in [0.717, 1.165) is 18.3 Å². The van der Waals surface area contributed by atoms with E-state index in [4.69, 9.17) is 5.26 Å². The average molecular weight is 364 g/mol. The Balaban J connectivity index is 1.59. The van der Waals surface area contributed by atoms with Crippen molar-refractivity contribution in [1.82, 2.24) is 0 Å². The molecule has 0 bridgehead atoms. The van der Waals surface area contributed by atoms with Crippen LogP contribution < -0.4 is 0 Å². The van der Waals surface area contributed by atoms with Crippen molar-refractivity contribution in [2.24, 2.45) is 11.8 Å². The van der Waals surface area contributed by atoms with E-state index in [1.54, 1.807) is 0 Å². The van der Waals surface area contributed by atoms with Gasteiger partial charge in [0.05, 0.1) is 6.07 Å². The number of nitrogens with zero attached hydrogens (tertiary/aromatic N) is 1. The molecule has 0 aromatic heterocycles. The highest BCUT2D eigenvalue weighted by Crippen LogP contribution is 2.34. The number of rotatable bonds is 11. The van der Waals surface area contributed by atoms with Crippen LogP contribution in [-0.4, -0.2) is 0 Å². The van der Waals surface area contributed by atoms with Crippen molar-refractivity contribution in [2.45, 2.75) is 84.0 Å². The van der Waals surface area contributed by atoms with Crippen molar-refractivity contribution in [2.75, 3.05) is 0 Å². The molecule has 1 aliphatic carbocycles. The zero-order valence-corrected chi connectivity index (χ0v) is 17.2. The first-order valence-corrected chi connectivity index (χ1v) is 11.1. The summed E-state index contributed by atoms with van der Waals surface area (Å²) in [5.74, 6) is 1.84. The standard InChI is InChI=1S/C26H37N/c1-2-3-7-10-23-12-16-25(17-13-23)20-21-26-18-14-24(15-19-26)11-8-5-4-6-9-22-27/h4-6,9,12-13,16-17,24,26H,2-3,7-8,10-11,14-15,18-21H2,1H3/t24-,26-. The van der Waals surface area contributed by atoms with Gasteiger partial charge in [-0.15, -0.1) is 0 Å². The van der Waals surface area contributed by atoms with Gasteiger partial charge in [0, 0.05) is 6.08 Å². The summed E-state index contributed by atoms with van der Waals surface area (Å²) in [5.41, 5.74) is 3.02. The van der Waals surface area contributed by atoms with Crippen molar-refractivity contribution in [3.05, 3.63) is 59.7 Å². The maximum atomic E-state index is 8.45. The highest BCUT2D eigenvalue weighted by atomic mass is 14.3. The van der Waals surface area contributed by atoms with Crippen LogP contribution in [-0.2, 0) is 12.8 Å². The molecular weight excluding hydrogens is 326 g/mol. The molecule has 0 unspecified atom stereocenters. The summed E-state index contributed by atoms with van der Waals surface area (Å²) in [6.07, 6.45) is 23.5. The van der Waals surface area contributed by atoms with Gasteiger partial charge >= 0.3 is 0 Å². The van der Waals surface area contributed by atoms with Gasteiger partial charge in [0.1, 0.15) is 0 Å². The number of unbranched alkanes of at least 4 members (excludes halogenated alkanes) is 2. The molecular formula is C26H37N. The molecule has 1 aromatic carbocycles. The van der Waals surface area contributed by atoms with E-state index < -0.39 is 0 Å². The van der Waals surface area contributed by atoms with Crippen LogP contribution in [0, 0.1) is 23.2 Å². The largest absolute Gasteiger partial charge is 0.193 e. The van der Waals surface area contributed by atoms with E-state index >= 15 is 0 Å². The first-order valence-electron chi connectivity index (χ1n) is 11.1. The molecule has 27 heavy (non-hydrogen) atoms. The number of hydrogen-bond donors (Lipinski definition) is 0. The summed E-state index contributed by atoms with van der Waals surface area (Å²) in [6.45, 7) is 2.27. The molecule has 1 saturated carbocycles. The van der Waals surface area contributed by atoms with Crippen LogP contribution in [0.3, 0.4) is 0 Å². The topological polar surface area (TPSA) is 23.8 Å². The van der Waals surface area contributed by atoms with Gasteiger partial charge in [0.25, 0.3) is 0 Å². The Bertz CT molecular complexity index is 594. The van der Waals surface area contributed by atoms with Gasteiger partial charge < -0.3 is 0 Å². The van der Waals surface area contributed by atoms with Gasteiger partial charge in [-0.05, 0) is 61.5 Å². The summed E-state index contributed by atoms with van der Waals surface area (Å²) < 4.78 is 0. The Morgan fingerprint density at radius 3 is 2.15 bits per heavy atom. The summed E-state index contributed by atoms with van der Waals surface area (Å²) >= 11 is 0. The molecule has 2 rings (SSSR count). The molecule has 1 heteroatoms. The third kappa shape index (κ3) is 9.09. The predicted molar refractivity (Wildman–Crippen MR) is 117 cm³/mol. The van der Waals surface area contributed by atoms with Crippen LogP contribution in [0.5, 0.6) is 0 Å². The van der Waals surface area contributed by atoms with Crippen LogP contribution in [0.25, 0.3) is 0 Å². The molecule has 146 valence electrons. The second-order valence-corrected chi connectivity index (χ2v) is 8.19. The summed E-state index contributed by atoms with van der Waals surface area (Å²) in [4.78, 5) is 0. The zero-order valence-electron chi connectivity index (χ0n) is 17.2. The monoisotopic (exact) mass is 363 g/mol. The lowest BCUT2D eigenvalue weighted by molar-refractivity contribution is 0.254. The number of aryl methyl sites for hydroxylation is 2. The minimum atomic E-state index is 0.910. The quantitative estimate of drug-likeness (QED) is 0.226. The van der Waals surface area contributed by atoms with E-state index in [1.165, 1.54) is 87.8 Å². The number of benzene rings is 1. The lowest BCUT2D eigenvalue weighted by Gasteiger charge is -2.28. The second kappa shape index (κ2) is 13.4. The molecule has 0 amide bonds. The van der Waals surface area contributed by atoms with Crippen molar-refractivity contribution >= 4 is 0 Å². The van der Waals surface area contributed by atoms with Crippen molar-refractivity contribution in [1.29, 1.82) is 5.26 Å². The highest BCUT2D eigenvalue weighted by molar-refractivity contribution is 5.22. The molecule has 0 radical (unpaired) electrons. The van der Waals surface area contributed by atoms with E-state index in [2.05, 4.69) is 37.3 Å². The molecule has 0 heterocycles. The van der Waals surface area contributed by atoms with Crippen molar-refractivity contribution in [3.8, 4) is 6.07 Å². The van der Waals surface area contributed by atoms with Crippen LogP contribution >= 0.6 is 0 Å². The van der Waals surface area contributed by atoms with Gasteiger partial charge in [-0.2, -0.15) is 5.26 Å². The van der Waals surface area contributed by atoms with Crippen LogP contribution in [0.15, 0.2) is 48.6 Å². The van der Waals surface area contributed by atoms with Crippen molar-refractivity contribution in [3.63, 3.8) is 0 Å².